The van der Waals surface area contributed by atoms with Crippen LogP contribution in [0.1, 0.15) is 49.1 Å². The van der Waals surface area contributed by atoms with Crippen molar-refractivity contribution >= 4 is 5.91 Å². The zero-order valence-corrected chi connectivity index (χ0v) is 15.3. The first-order valence-corrected chi connectivity index (χ1v) is 9.07. The number of aromatic nitrogens is 2. The summed E-state index contributed by atoms with van der Waals surface area (Å²) in [7, 11) is 1.66. The second-order valence-electron chi connectivity index (χ2n) is 6.81. The van der Waals surface area contributed by atoms with E-state index < -0.39 is 0 Å². The number of hydrogen-bond donors (Lipinski definition) is 1. The summed E-state index contributed by atoms with van der Waals surface area (Å²) in [5.41, 5.74) is 4.19. The van der Waals surface area contributed by atoms with Crippen LogP contribution in [0.4, 0.5) is 0 Å². The number of ether oxygens (including phenoxy) is 1. The maximum absolute atomic E-state index is 12.2. The van der Waals surface area contributed by atoms with E-state index in [4.69, 9.17) is 4.74 Å². The van der Waals surface area contributed by atoms with Crippen molar-refractivity contribution in [3.63, 3.8) is 0 Å². The molecule has 1 heterocycles. The Kier molecular flexibility index (Phi) is 5.41. The topological polar surface area (TPSA) is 56.2 Å². The molecule has 1 amide bonds. The highest BCUT2D eigenvalue weighted by Gasteiger charge is 2.18. The second kappa shape index (κ2) is 7.72. The lowest BCUT2D eigenvalue weighted by Gasteiger charge is -2.12. The fraction of sp³-hybridized carbons (Fsp3) is 0.500. The molecule has 0 unspecified atom stereocenters. The quantitative estimate of drug-likeness (QED) is 0.875. The fourth-order valence-corrected chi connectivity index (χ4v) is 3.64. The van der Waals surface area contributed by atoms with Gasteiger partial charge in [-0.05, 0) is 50.8 Å². The van der Waals surface area contributed by atoms with Gasteiger partial charge in [-0.15, -0.1) is 0 Å². The van der Waals surface area contributed by atoms with Gasteiger partial charge in [-0.25, -0.2) is 4.68 Å². The molecule has 0 atom stereocenters. The molecule has 134 valence electrons. The molecule has 1 aromatic carbocycles. The van der Waals surface area contributed by atoms with E-state index in [1.54, 1.807) is 7.11 Å². The van der Waals surface area contributed by atoms with Crippen molar-refractivity contribution in [2.45, 2.75) is 58.4 Å². The van der Waals surface area contributed by atoms with E-state index >= 15 is 0 Å². The molecule has 1 aliphatic rings. The van der Waals surface area contributed by atoms with E-state index in [0.29, 0.717) is 12.5 Å². The molecule has 1 saturated carbocycles. The van der Waals surface area contributed by atoms with E-state index in [0.717, 1.165) is 47.7 Å². The Balaban J connectivity index is 1.70. The number of nitrogens with one attached hydrogen (secondary N) is 1. The molecule has 0 aliphatic heterocycles. The Morgan fingerprint density at radius 2 is 2.08 bits per heavy atom. The van der Waals surface area contributed by atoms with Crippen LogP contribution >= 0.6 is 0 Å². The highest BCUT2D eigenvalue weighted by Crippen LogP contribution is 2.22. The van der Waals surface area contributed by atoms with E-state index in [1.807, 2.05) is 35.9 Å². The van der Waals surface area contributed by atoms with Crippen molar-refractivity contribution in [1.29, 1.82) is 0 Å². The maximum Gasteiger partial charge on any atom is 0.220 e. The summed E-state index contributed by atoms with van der Waals surface area (Å²) in [6.07, 6.45) is 5.95. The minimum atomic E-state index is 0.153. The first-order valence-electron chi connectivity index (χ1n) is 9.07. The molecule has 2 aromatic rings. The van der Waals surface area contributed by atoms with Gasteiger partial charge in [-0.3, -0.25) is 4.79 Å². The van der Waals surface area contributed by atoms with Gasteiger partial charge >= 0.3 is 0 Å². The standard InChI is InChI=1S/C20H27N3O2/c1-14-19(11-12-20(24)21-16-7-4-5-8-16)15(2)23(22-14)17-9-6-10-18(13-17)25-3/h6,9-10,13,16H,4-5,7-8,11-12H2,1-3H3,(H,21,24). The molecule has 0 radical (unpaired) electrons. The molecule has 1 fully saturated rings. The lowest BCUT2D eigenvalue weighted by Crippen LogP contribution is -2.32. The van der Waals surface area contributed by atoms with Crippen molar-refractivity contribution in [2.75, 3.05) is 7.11 Å². The van der Waals surface area contributed by atoms with Gasteiger partial charge in [-0.1, -0.05) is 18.9 Å². The summed E-state index contributed by atoms with van der Waals surface area (Å²) in [5, 5.41) is 7.83. The minimum Gasteiger partial charge on any atom is -0.497 e. The number of carbonyl (C=O) groups is 1. The monoisotopic (exact) mass is 341 g/mol. The van der Waals surface area contributed by atoms with Gasteiger partial charge in [0.2, 0.25) is 5.91 Å². The largest absolute Gasteiger partial charge is 0.497 e. The fourth-order valence-electron chi connectivity index (χ4n) is 3.64. The Bertz CT molecular complexity index is 745. The summed E-state index contributed by atoms with van der Waals surface area (Å²) in [6.45, 7) is 4.07. The predicted octanol–water partition coefficient (Wildman–Crippen LogP) is 3.49. The van der Waals surface area contributed by atoms with Crippen LogP contribution in [0.3, 0.4) is 0 Å². The number of hydrogen-bond acceptors (Lipinski definition) is 3. The zero-order valence-electron chi connectivity index (χ0n) is 15.3. The van der Waals surface area contributed by atoms with Crippen LogP contribution in [0.2, 0.25) is 0 Å². The SMILES string of the molecule is COc1cccc(-n2nc(C)c(CCC(=O)NC3CCCC3)c2C)c1. The molecule has 1 aromatic heterocycles. The Labute approximate surface area is 149 Å². The summed E-state index contributed by atoms with van der Waals surface area (Å²) < 4.78 is 7.23. The molecule has 1 N–H and O–H groups in total. The average molecular weight is 341 g/mol. The molecule has 0 spiro atoms. The average Bonchev–Trinajstić information content (AvgIpc) is 3.21. The van der Waals surface area contributed by atoms with Crippen LogP contribution in [0.5, 0.6) is 5.75 Å². The smallest absolute Gasteiger partial charge is 0.220 e. The third-order valence-corrected chi connectivity index (χ3v) is 5.06. The highest BCUT2D eigenvalue weighted by molar-refractivity contribution is 5.76. The summed E-state index contributed by atoms with van der Waals surface area (Å²) in [4.78, 5) is 12.2. The van der Waals surface area contributed by atoms with Crippen LogP contribution in [0, 0.1) is 13.8 Å². The lowest BCUT2D eigenvalue weighted by atomic mass is 10.1. The second-order valence-corrected chi connectivity index (χ2v) is 6.81. The molecule has 25 heavy (non-hydrogen) atoms. The number of benzene rings is 1. The normalized spacial score (nSPS) is 14.7. The van der Waals surface area contributed by atoms with E-state index in [9.17, 15) is 4.79 Å². The van der Waals surface area contributed by atoms with Gasteiger partial charge in [0.1, 0.15) is 5.75 Å². The van der Waals surface area contributed by atoms with Gasteiger partial charge in [0.25, 0.3) is 0 Å². The van der Waals surface area contributed by atoms with Crippen LogP contribution in [0.25, 0.3) is 5.69 Å². The van der Waals surface area contributed by atoms with Crippen molar-refractivity contribution in [3.8, 4) is 11.4 Å². The Morgan fingerprint density at radius 1 is 1.32 bits per heavy atom. The first kappa shape index (κ1) is 17.5. The number of rotatable bonds is 6. The number of carbonyl (C=O) groups excluding carboxylic acids is 1. The summed E-state index contributed by atoms with van der Waals surface area (Å²) >= 11 is 0. The van der Waals surface area contributed by atoms with E-state index in [-0.39, 0.29) is 5.91 Å². The van der Waals surface area contributed by atoms with Crippen molar-refractivity contribution in [1.82, 2.24) is 15.1 Å². The summed E-state index contributed by atoms with van der Waals surface area (Å²) in [6, 6.07) is 8.24. The highest BCUT2D eigenvalue weighted by atomic mass is 16.5. The summed E-state index contributed by atoms with van der Waals surface area (Å²) in [5.74, 6) is 0.961. The van der Waals surface area contributed by atoms with Crippen molar-refractivity contribution in [2.24, 2.45) is 0 Å². The molecule has 0 bridgehead atoms. The van der Waals surface area contributed by atoms with Crippen molar-refractivity contribution < 1.29 is 9.53 Å². The van der Waals surface area contributed by atoms with Crippen LogP contribution in [-0.4, -0.2) is 28.8 Å². The molecular weight excluding hydrogens is 314 g/mol. The van der Waals surface area contributed by atoms with Crippen LogP contribution < -0.4 is 10.1 Å². The molecule has 5 nitrogen and oxygen atoms in total. The van der Waals surface area contributed by atoms with Gasteiger partial charge < -0.3 is 10.1 Å². The van der Waals surface area contributed by atoms with Crippen LogP contribution in [0.15, 0.2) is 24.3 Å². The van der Waals surface area contributed by atoms with Gasteiger partial charge in [0.15, 0.2) is 0 Å². The number of methoxy groups -OCH3 is 1. The van der Waals surface area contributed by atoms with Gasteiger partial charge in [0.05, 0.1) is 18.5 Å². The zero-order chi connectivity index (χ0) is 17.8. The minimum absolute atomic E-state index is 0.153. The molecular formula is C20H27N3O2. The molecule has 1 aliphatic carbocycles. The third-order valence-electron chi connectivity index (χ3n) is 5.06. The molecule has 0 saturated heterocycles. The van der Waals surface area contributed by atoms with Crippen molar-refractivity contribution in [3.05, 3.63) is 41.2 Å². The third kappa shape index (κ3) is 4.03. The van der Waals surface area contributed by atoms with Crippen LogP contribution in [-0.2, 0) is 11.2 Å². The lowest BCUT2D eigenvalue weighted by molar-refractivity contribution is -0.121. The van der Waals surface area contributed by atoms with Gasteiger partial charge in [-0.2, -0.15) is 5.10 Å². The number of amides is 1. The predicted molar refractivity (Wildman–Crippen MR) is 98.3 cm³/mol. The first-order chi connectivity index (χ1) is 12.1. The van der Waals surface area contributed by atoms with E-state index in [2.05, 4.69) is 17.3 Å². The number of aryl methyl sites for hydroxylation is 1. The Hall–Kier alpha value is -2.30. The number of nitrogens with zero attached hydrogens (tertiary/aromatic N) is 2. The molecule has 3 rings (SSSR count). The van der Waals surface area contributed by atoms with Gasteiger partial charge in [0, 0.05) is 24.2 Å². The Morgan fingerprint density at radius 3 is 2.80 bits per heavy atom. The molecule has 5 heteroatoms. The van der Waals surface area contributed by atoms with E-state index in [1.165, 1.54) is 12.8 Å². The maximum atomic E-state index is 12.2.